The molecule has 1 fully saturated rings. The third kappa shape index (κ3) is 4.02. The van der Waals surface area contributed by atoms with Crippen LogP contribution >= 0.6 is 0 Å². The molecule has 0 radical (unpaired) electrons. The molecule has 182 valence electrons. The maximum atomic E-state index is 6.19. The van der Waals surface area contributed by atoms with Crippen molar-refractivity contribution < 1.29 is 9.47 Å². The van der Waals surface area contributed by atoms with Crippen molar-refractivity contribution in [2.24, 2.45) is 0 Å². The van der Waals surface area contributed by atoms with Crippen molar-refractivity contribution in [3.05, 3.63) is 47.4 Å². The minimum absolute atomic E-state index is 0.214. The van der Waals surface area contributed by atoms with E-state index in [4.69, 9.17) is 25.2 Å². The van der Waals surface area contributed by atoms with E-state index in [2.05, 4.69) is 45.9 Å². The fourth-order valence-electron chi connectivity index (χ4n) is 5.20. The van der Waals surface area contributed by atoms with Crippen LogP contribution in [0, 0.1) is 0 Å². The summed E-state index contributed by atoms with van der Waals surface area (Å²) in [5.41, 5.74) is 10.0. The number of pyridine rings is 1. The SMILES string of the molecule is COc1cccc2c1nc(N)n1nc(CCN3Cc4ccc(N5C[C@@H](C)O[C@@H](C)C5)nc4C3)nc21. The Hall–Kier alpha value is -3.50. The van der Waals surface area contributed by atoms with Gasteiger partial charge in [-0.05, 0) is 37.6 Å². The Kier molecular flexibility index (Phi) is 5.42. The molecule has 2 aliphatic heterocycles. The largest absolute Gasteiger partial charge is 0.494 e. The molecular formula is C25H30N8O2. The fraction of sp³-hybridized carbons (Fsp3) is 0.440. The second kappa shape index (κ2) is 8.62. The van der Waals surface area contributed by atoms with Gasteiger partial charge in [-0.25, -0.2) is 15.0 Å². The maximum Gasteiger partial charge on any atom is 0.223 e. The molecule has 2 atom stereocenters. The van der Waals surface area contributed by atoms with Crippen LogP contribution in [0.25, 0.3) is 16.6 Å². The molecule has 2 N–H and O–H groups in total. The van der Waals surface area contributed by atoms with E-state index >= 15 is 0 Å². The third-order valence-electron chi connectivity index (χ3n) is 6.77. The number of nitrogens with zero attached hydrogens (tertiary/aromatic N) is 7. The van der Waals surface area contributed by atoms with Crippen LogP contribution in [-0.2, 0) is 24.2 Å². The van der Waals surface area contributed by atoms with Gasteiger partial charge in [0.05, 0.1) is 25.0 Å². The van der Waals surface area contributed by atoms with Gasteiger partial charge in [-0.1, -0.05) is 12.1 Å². The summed E-state index contributed by atoms with van der Waals surface area (Å²) >= 11 is 0. The van der Waals surface area contributed by atoms with Gasteiger partial charge in [0, 0.05) is 44.5 Å². The van der Waals surface area contributed by atoms with E-state index in [0.29, 0.717) is 29.3 Å². The molecule has 0 saturated carbocycles. The van der Waals surface area contributed by atoms with Gasteiger partial charge >= 0.3 is 0 Å². The third-order valence-corrected chi connectivity index (χ3v) is 6.77. The Labute approximate surface area is 203 Å². The zero-order chi connectivity index (χ0) is 24.1. The summed E-state index contributed by atoms with van der Waals surface area (Å²) in [7, 11) is 1.62. The standard InChI is InChI=1S/C25H30N8O2/c1-15-11-32(12-16(2)35-15)22-8-7-17-13-31(14-19(17)27-22)10-9-21-28-24-18-5-4-6-20(34-3)23(18)29-25(26)33(24)30-21/h4-8,15-16H,9-14H2,1-3H3,(H2,26,29)/t15-,16+. The van der Waals surface area contributed by atoms with Crippen LogP contribution in [0.5, 0.6) is 5.75 Å². The number of hydrogen-bond donors (Lipinski definition) is 1. The van der Waals surface area contributed by atoms with Crippen LogP contribution in [0.3, 0.4) is 0 Å². The van der Waals surface area contributed by atoms with Crippen LogP contribution in [0.2, 0.25) is 0 Å². The number of para-hydroxylation sites is 1. The molecule has 0 unspecified atom stereocenters. The Morgan fingerprint density at radius 3 is 2.69 bits per heavy atom. The number of anilines is 2. The molecule has 4 aromatic rings. The van der Waals surface area contributed by atoms with Gasteiger partial charge < -0.3 is 20.1 Å². The summed E-state index contributed by atoms with van der Waals surface area (Å²) in [6.07, 6.45) is 1.14. The van der Waals surface area contributed by atoms with E-state index in [1.54, 1.807) is 11.6 Å². The molecule has 35 heavy (non-hydrogen) atoms. The van der Waals surface area contributed by atoms with Gasteiger partial charge in [-0.15, -0.1) is 5.10 Å². The number of methoxy groups -OCH3 is 1. The van der Waals surface area contributed by atoms with Crippen molar-refractivity contribution in [2.75, 3.05) is 37.4 Å². The Morgan fingerprint density at radius 2 is 1.89 bits per heavy atom. The number of nitrogens with two attached hydrogens (primary N) is 1. The van der Waals surface area contributed by atoms with Gasteiger partial charge in [0.1, 0.15) is 17.1 Å². The van der Waals surface area contributed by atoms with E-state index < -0.39 is 0 Å². The van der Waals surface area contributed by atoms with E-state index in [0.717, 1.165) is 55.4 Å². The van der Waals surface area contributed by atoms with Gasteiger partial charge in [-0.3, -0.25) is 4.90 Å². The van der Waals surface area contributed by atoms with Gasteiger partial charge in [-0.2, -0.15) is 4.52 Å². The first-order valence-corrected chi connectivity index (χ1v) is 12.1. The van der Waals surface area contributed by atoms with Crippen molar-refractivity contribution >= 4 is 28.3 Å². The lowest BCUT2D eigenvalue weighted by Gasteiger charge is -2.36. The van der Waals surface area contributed by atoms with Crippen molar-refractivity contribution in [3.63, 3.8) is 0 Å². The van der Waals surface area contributed by atoms with E-state index in [9.17, 15) is 0 Å². The van der Waals surface area contributed by atoms with Crippen molar-refractivity contribution in [1.82, 2.24) is 29.5 Å². The summed E-state index contributed by atoms with van der Waals surface area (Å²) in [5.74, 6) is 2.76. The predicted molar refractivity (Wildman–Crippen MR) is 134 cm³/mol. The molecule has 0 spiro atoms. The smallest absolute Gasteiger partial charge is 0.223 e. The average Bonchev–Trinajstić information content (AvgIpc) is 3.46. The number of aromatic nitrogens is 5. The summed E-state index contributed by atoms with van der Waals surface area (Å²) in [6.45, 7) is 8.53. The van der Waals surface area contributed by atoms with Gasteiger partial charge in [0.2, 0.25) is 5.95 Å². The van der Waals surface area contributed by atoms with Crippen LogP contribution in [0.1, 0.15) is 30.9 Å². The number of hydrogen-bond acceptors (Lipinski definition) is 9. The summed E-state index contributed by atoms with van der Waals surface area (Å²) < 4.78 is 12.9. The first-order chi connectivity index (χ1) is 17.0. The van der Waals surface area contributed by atoms with Gasteiger partial charge in [0.25, 0.3) is 0 Å². The van der Waals surface area contributed by atoms with Crippen molar-refractivity contribution in [3.8, 4) is 5.75 Å². The molecule has 0 bridgehead atoms. The molecular weight excluding hydrogens is 444 g/mol. The predicted octanol–water partition coefficient (Wildman–Crippen LogP) is 2.44. The normalized spacial score (nSPS) is 20.6. The highest BCUT2D eigenvalue weighted by Gasteiger charge is 2.26. The highest BCUT2D eigenvalue weighted by atomic mass is 16.5. The lowest BCUT2D eigenvalue weighted by Crippen LogP contribution is -2.45. The minimum atomic E-state index is 0.214. The molecule has 0 aliphatic carbocycles. The number of ether oxygens (including phenoxy) is 2. The minimum Gasteiger partial charge on any atom is -0.494 e. The topological polar surface area (TPSA) is 107 Å². The summed E-state index contributed by atoms with van der Waals surface area (Å²) in [4.78, 5) is 19.0. The number of morpholine rings is 1. The summed E-state index contributed by atoms with van der Waals surface area (Å²) in [6, 6.07) is 10.1. The number of benzene rings is 1. The van der Waals surface area contributed by atoms with E-state index in [1.165, 1.54) is 5.56 Å². The van der Waals surface area contributed by atoms with E-state index in [1.807, 2.05) is 18.2 Å². The number of fused-ring (bicyclic) bond motifs is 4. The van der Waals surface area contributed by atoms with Crippen LogP contribution < -0.4 is 15.4 Å². The quantitative estimate of drug-likeness (QED) is 0.467. The molecule has 1 aromatic carbocycles. The van der Waals surface area contributed by atoms with Crippen molar-refractivity contribution in [1.29, 1.82) is 0 Å². The molecule has 1 saturated heterocycles. The Balaban J connectivity index is 1.17. The molecule has 10 heteroatoms. The maximum absolute atomic E-state index is 6.19. The van der Waals surface area contributed by atoms with Crippen LogP contribution in [-0.4, -0.2) is 68.4 Å². The first-order valence-electron chi connectivity index (χ1n) is 12.1. The second-order valence-electron chi connectivity index (χ2n) is 9.49. The van der Waals surface area contributed by atoms with Gasteiger partial charge in [0.15, 0.2) is 11.5 Å². The molecule has 6 rings (SSSR count). The highest BCUT2D eigenvalue weighted by Crippen LogP contribution is 2.28. The fourth-order valence-corrected chi connectivity index (χ4v) is 5.20. The number of nitrogen functional groups attached to an aromatic ring is 1. The monoisotopic (exact) mass is 474 g/mol. The number of rotatable bonds is 5. The van der Waals surface area contributed by atoms with Crippen LogP contribution in [0.4, 0.5) is 11.8 Å². The zero-order valence-electron chi connectivity index (χ0n) is 20.3. The Bertz CT molecular complexity index is 1390. The first kappa shape index (κ1) is 22.0. The second-order valence-corrected chi connectivity index (χ2v) is 9.49. The molecule has 2 aliphatic rings. The molecule has 5 heterocycles. The van der Waals surface area contributed by atoms with Crippen LogP contribution in [0.15, 0.2) is 30.3 Å². The Morgan fingerprint density at radius 1 is 1.06 bits per heavy atom. The molecule has 3 aromatic heterocycles. The average molecular weight is 475 g/mol. The highest BCUT2D eigenvalue weighted by molar-refractivity contribution is 5.95. The molecule has 0 amide bonds. The lowest BCUT2D eigenvalue weighted by molar-refractivity contribution is -0.00547. The lowest BCUT2D eigenvalue weighted by atomic mass is 10.2. The summed E-state index contributed by atoms with van der Waals surface area (Å²) in [5, 5.41) is 5.50. The van der Waals surface area contributed by atoms with Crippen molar-refractivity contribution in [2.45, 2.75) is 45.6 Å². The van der Waals surface area contributed by atoms with E-state index in [-0.39, 0.29) is 12.2 Å². The molecule has 10 nitrogen and oxygen atoms in total. The zero-order valence-corrected chi connectivity index (χ0v) is 20.3.